The van der Waals surface area contributed by atoms with Crippen molar-refractivity contribution in [2.24, 2.45) is 0 Å². The van der Waals surface area contributed by atoms with Crippen LogP contribution in [-0.2, 0) is 11.0 Å². The van der Waals surface area contributed by atoms with Crippen LogP contribution in [0.5, 0.6) is 0 Å². The minimum absolute atomic E-state index is 0.163. The largest absolute Gasteiger partial charge is 0.480 e. The first-order valence-electron chi connectivity index (χ1n) is 7.77. The summed E-state index contributed by atoms with van der Waals surface area (Å²) >= 11 is 0. The third kappa shape index (κ3) is 4.80. The number of carboxylic acid groups (broad SMARTS) is 1. The molecule has 1 amide bonds. The molecule has 0 aliphatic carbocycles. The van der Waals surface area contributed by atoms with Crippen molar-refractivity contribution < 1.29 is 32.4 Å². The van der Waals surface area contributed by atoms with Gasteiger partial charge in [-0.1, -0.05) is 37.1 Å². The van der Waals surface area contributed by atoms with E-state index in [1.807, 2.05) is 6.92 Å². The van der Waals surface area contributed by atoms with Gasteiger partial charge in [-0.05, 0) is 18.6 Å². The Hall–Kier alpha value is -2.91. The molecule has 0 fully saturated rings. The fraction of sp³-hybridized carbons (Fsp3) is 0.375. The van der Waals surface area contributed by atoms with Crippen molar-refractivity contribution in [1.29, 1.82) is 0 Å². The summed E-state index contributed by atoms with van der Waals surface area (Å²) in [6, 6.07) is 4.37. The van der Waals surface area contributed by atoms with Crippen LogP contribution >= 0.6 is 0 Å². The van der Waals surface area contributed by atoms with Crippen molar-refractivity contribution in [1.82, 2.24) is 15.5 Å². The SMILES string of the molecule is CCCC[C@H](NC(=O)c1ccc(-c2noc(C(F)(F)F)n2)cc1)C(=O)O. The highest BCUT2D eigenvalue weighted by Crippen LogP contribution is 2.29. The fourth-order valence-electron chi connectivity index (χ4n) is 2.13. The molecule has 2 rings (SSSR count). The number of carbonyl (C=O) groups is 2. The molecule has 0 saturated carbocycles. The Morgan fingerprint density at radius 1 is 1.27 bits per heavy atom. The fourth-order valence-corrected chi connectivity index (χ4v) is 2.13. The average Bonchev–Trinajstić information content (AvgIpc) is 3.08. The molecular weight excluding hydrogens is 355 g/mol. The maximum atomic E-state index is 12.5. The van der Waals surface area contributed by atoms with Crippen LogP contribution in [-0.4, -0.2) is 33.2 Å². The topological polar surface area (TPSA) is 105 Å². The van der Waals surface area contributed by atoms with Crippen molar-refractivity contribution in [2.75, 3.05) is 0 Å². The summed E-state index contributed by atoms with van der Waals surface area (Å²) in [5.41, 5.74) is 0.387. The number of hydrogen-bond donors (Lipinski definition) is 2. The van der Waals surface area contributed by atoms with E-state index >= 15 is 0 Å². The maximum Gasteiger partial charge on any atom is 0.471 e. The number of nitrogens with one attached hydrogen (secondary N) is 1. The first-order valence-corrected chi connectivity index (χ1v) is 7.77. The number of aromatic nitrogens is 2. The molecule has 26 heavy (non-hydrogen) atoms. The molecule has 2 aromatic rings. The summed E-state index contributed by atoms with van der Waals surface area (Å²) in [7, 11) is 0. The molecule has 7 nitrogen and oxygen atoms in total. The number of hydrogen-bond acceptors (Lipinski definition) is 5. The van der Waals surface area contributed by atoms with Crippen LogP contribution in [0.25, 0.3) is 11.4 Å². The normalized spacial score (nSPS) is 12.6. The minimum Gasteiger partial charge on any atom is -0.480 e. The van der Waals surface area contributed by atoms with Gasteiger partial charge in [-0.15, -0.1) is 0 Å². The molecule has 1 aromatic carbocycles. The van der Waals surface area contributed by atoms with Gasteiger partial charge in [0.25, 0.3) is 5.91 Å². The van der Waals surface area contributed by atoms with E-state index in [4.69, 9.17) is 5.11 Å². The van der Waals surface area contributed by atoms with Crippen LogP contribution in [0.1, 0.15) is 42.4 Å². The quantitative estimate of drug-likeness (QED) is 0.775. The van der Waals surface area contributed by atoms with Crippen LogP contribution in [0, 0.1) is 0 Å². The summed E-state index contributed by atoms with van der Waals surface area (Å²) in [6.07, 6.45) is -3.00. The number of aliphatic carboxylic acids is 1. The number of alkyl halides is 3. The molecule has 0 aliphatic heterocycles. The summed E-state index contributed by atoms with van der Waals surface area (Å²) in [5, 5.41) is 14.8. The number of carboxylic acids is 1. The van der Waals surface area contributed by atoms with Crippen molar-refractivity contribution in [3.8, 4) is 11.4 Å². The number of carbonyl (C=O) groups excluding carboxylic acids is 1. The smallest absolute Gasteiger partial charge is 0.471 e. The second kappa shape index (κ2) is 7.98. The number of unbranched alkanes of at least 4 members (excludes halogenated alkanes) is 1. The maximum absolute atomic E-state index is 12.5. The number of amides is 1. The summed E-state index contributed by atoms with van der Waals surface area (Å²) in [5.74, 6) is -3.45. The Bertz CT molecular complexity index is 772. The van der Waals surface area contributed by atoms with Gasteiger partial charge in [-0.25, -0.2) is 4.79 Å². The van der Waals surface area contributed by atoms with E-state index in [1.54, 1.807) is 0 Å². The monoisotopic (exact) mass is 371 g/mol. The van der Waals surface area contributed by atoms with Crippen LogP contribution in [0.4, 0.5) is 13.2 Å². The second-order valence-electron chi connectivity index (χ2n) is 5.50. The molecule has 1 atom stereocenters. The molecule has 0 radical (unpaired) electrons. The van der Waals surface area contributed by atoms with Gasteiger partial charge in [-0.3, -0.25) is 4.79 Å². The van der Waals surface area contributed by atoms with Gasteiger partial charge >= 0.3 is 18.0 Å². The molecule has 0 bridgehead atoms. The number of nitrogens with zero attached hydrogens (tertiary/aromatic N) is 2. The molecule has 0 saturated heterocycles. The lowest BCUT2D eigenvalue weighted by Gasteiger charge is -2.14. The highest BCUT2D eigenvalue weighted by molar-refractivity contribution is 5.96. The number of rotatable bonds is 7. The van der Waals surface area contributed by atoms with Crippen LogP contribution < -0.4 is 5.32 Å². The van der Waals surface area contributed by atoms with Gasteiger partial charge in [0.05, 0.1) is 0 Å². The van der Waals surface area contributed by atoms with E-state index in [9.17, 15) is 22.8 Å². The van der Waals surface area contributed by atoms with Crippen molar-refractivity contribution in [2.45, 2.75) is 38.4 Å². The summed E-state index contributed by atoms with van der Waals surface area (Å²) < 4.78 is 41.5. The average molecular weight is 371 g/mol. The van der Waals surface area contributed by atoms with Gasteiger partial charge in [-0.2, -0.15) is 18.2 Å². The molecule has 0 spiro atoms. The van der Waals surface area contributed by atoms with Gasteiger partial charge in [0.15, 0.2) is 0 Å². The Morgan fingerprint density at radius 3 is 2.42 bits per heavy atom. The number of benzene rings is 1. The molecule has 10 heteroatoms. The van der Waals surface area contributed by atoms with E-state index in [-0.39, 0.29) is 17.0 Å². The lowest BCUT2D eigenvalue weighted by atomic mass is 10.1. The molecule has 1 aromatic heterocycles. The van der Waals surface area contributed by atoms with E-state index in [0.717, 1.165) is 6.42 Å². The highest BCUT2D eigenvalue weighted by atomic mass is 19.4. The predicted octanol–water partition coefficient (Wildman–Crippen LogP) is 3.13. The zero-order valence-corrected chi connectivity index (χ0v) is 13.7. The van der Waals surface area contributed by atoms with Crippen molar-refractivity contribution in [3.05, 3.63) is 35.7 Å². The first kappa shape index (κ1) is 19.4. The Morgan fingerprint density at radius 2 is 1.92 bits per heavy atom. The predicted molar refractivity (Wildman–Crippen MR) is 83.2 cm³/mol. The minimum atomic E-state index is -4.74. The van der Waals surface area contributed by atoms with Crippen LogP contribution in [0.2, 0.25) is 0 Å². The Labute approximate surface area is 146 Å². The zero-order valence-electron chi connectivity index (χ0n) is 13.7. The van der Waals surface area contributed by atoms with E-state index < -0.39 is 30.0 Å². The standard InChI is InChI=1S/C16H16F3N3O4/c1-2-3-4-11(14(24)25)20-13(23)10-7-5-9(6-8-10)12-21-15(26-22-12)16(17,18)19/h5-8,11H,2-4H2,1H3,(H,20,23)(H,24,25)/t11-/m0/s1. The first-order chi connectivity index (χ1) is 12.2. The van der Waals surface area contributed by atoms with Gasteiger partial charge in [0.2, 0.25) is 5.82 Å². The van der Waals surface area contributed by atoms with Crippen molar-refractivity contribution >= 4 is 11.9 Å². The third-order valence-electron chi connectivity index (χ3n) is 3.52. The lowest BCUT2D eigenvalue weighted by Crippen LogP contribution is -2.40. The molecule has 0 unspecified atom stereocenters. The van der Waals surface area contributed by atoms with E-state index in [1.165, 1.54) is 24.3 Å². The summed E-state index contributed by atoms with van der Waals surface area (Å²) in [4.78, 5) is 26.5. The Kier molecular flexibility index (Phi) is 5.96. The van der Waals surface area contributed by atoms with E-state index in [2.05, 4.69) is 20.0 Å². The molecule has 140 valence electrons. The molecule has 2 N–H and O–H groups in total. The molecular formula is C16H16F3N3O4. The van der Waals surface area contributed by atoms with E-state index in [0.29, 0.717) is 12.8 Å². The summed E-state index contributed by atoms with van der Waals surface area (Å²) in [6.45, 7) is 1.90. The number of halogens is 3. The van der Waals surface area contributed by atoms with Gasteiger partial charge in [0, 0.05) is 11.1 Å². The lowest BCUT2D eigenvalue weighted by molar-refractivity contribution is -0.159. The third-order valence-corrected chi connectivity index (χ3v) is 3.52. The molecule has 0 aliphatic rings. The second-order valence-corrected chi connectivity index (χ2v) is 5.50. The van der Waals surface area contributed by atoms with Gasteiger partial charge in [0.1, 0.15) is 6.04 Å². The molecule has 1 heterocycles. The zero-order chi connectivity index (χ0) is 19.3. The highest BCUT2D eigenvalue weighted by Gasteiger charge is 2.38. The van der Waals surface area contributed by atoms with Crippen molar-refractivity contribution in [3.63, 3.8) is 0 Å². The Balaban J connectivity index is 2.09. The van der Waals surface area contributed by atoms with Crippen LogP contribution in [0.15, 0.2) is 28.8 Å². The van der Waals surface area contributed by atoms with Crippen LogP contribution in [0.3, 0.4) is 0 Å². The van der Waals surface area contributed by atoms with Gasteiger partial charge < -0.3 is 14.9 Å².